The second-order valence-electron chi connectivity index (χ2n) is 4.69. The summed E-state index contributed by atoms with van der Waals surface area (Å²) in [7, 11) is 1.79. The van der Waals surface area contributed by atoms with E-state index >= 15 is 0 Å². The predicted molar refractivity (Wildman–Crippen MR) is 64.2 cm³/mol. The predicted octanol–water partition coefficient (Wildman–Crippen LogP) is 1.34. The molecule has 0 aromatic rings. The van der Waals surface area contributed by atoms with E-state index in [4.69, 9.17) is 4.74 Å². The SMILES string of the molecule is CCNC1CCN(CC(C)COC)CC1. The molecule has 3 heteroatoms. The Labute approximate surface area is 94.2 Å². The average Bonchev–Trinajstić information content (AvgIpc) is 2.22. The van der Waals surface area contributed by atoms with Crippen molar-refractivity contribution in [3.05, 3.63) is 0 Å². The number of methoxy groups -OCH3 is 1. The minimum atomic E-state index is 0.658. The highest BCUT2D eigenvalue weighted by molar-refractivity contribution is 4.77. The van der Waals surface area contributed by atoms with Gasteiger partial charge in [0, 0.05) is 26.3 Å². The number of ether oxygens (including phenoxy) is 1. The Morgan fingerprint density at radius 3 is 2.60 bits per heavy atom. The van der Waals surface area contributed by atoms with Crippen LogP contribution in [0.25, 0.3) is 0 Å². The van der Waals surface area contributed by atoms with Crippen LogP contribution in [0, 0.1) is 5.92 Å². The Morgan fingerprint density at radius 1 is 1.40 bits per heavy atom. The van der Waals surface area contributed by atoms with Crippen LogP contribution in [0.5, 0.6) is 0 Å². The number of nitrogens with zero attached hydrogens (tertiary/aromatic N) is 1. The van der Waals surface area contributed by atoms with Crippen LogP contribution in [-0.4, -0.2) is 50.8 Å². The van der Waals surface area contributed by atoms with Gasteiger partial charge in [0.05, 0.1) is 0 Å². The fourth-order valence-electron chi connectivity index (χ4n) is 2.39. The molecule has 3 nitrogen and oxygen atoms in total. The van der Waals surface area contributed by atoms with Gasteiger partial charge < -0.3 is 15.0 Å². The maximum Gasteiger partial charge on any atom is 0.0500 e. The van der Waals surface area contributed by atoms with E-state index < -0.39 is 0 Å². The van der Waals surface area contributed by atoms with Crippen LogP contribution >= 0.6 is 0 Å². The van der Waals surface area contributed by atoms with Crippen molar-refractivity contribution in [3.63, 3.8) is 0 Å². The van der Waals surface area contributed by atoms with Gasteiger partial charge in [-0.05, 0) is 38.4 Å². The number of hydrogen-bond acceptors (Lipinski definition) is 3. The molecule has 0 spiro atoms. The van der Waals surface area contributed by atoms with Crippen LogP contribution in [0.4, 0.5) is 0 Å². The summed E-state index contributed by atoms with van der Waals surface area (Å²) >= 11 is 0. The van der Waals surface area contributed by atoms with Crippen LogP contribution in [-0.2, 0) is 4.74 Å². The molecule has 1 rings (SSSR count). The van der Waals surface area contributed by atoms with Crippen LogP contribution in [0.3, 0.4) is 0 Å². The van der Waals surface area contributed by atoms with E-state index in [1.54, 1.807) is 7.11 Å². The molecule has 1 fully saturated rings. The minimum absolute atomic E-state index is 0.658. The van der Waals surface area contributed by atoms with Gasteiger partial charge >= 0.3 is 0 Å². The summed E-state index contributed by atoms with van der Waals surface area (Å²) in [4.78, 5) is 2.57. The second kappa shape index (κ2) is 7.20. The van der Waals surface area contributed by atoms with Crippen molar-refractivity contribution in [1.82, 2.24) is 10.2 Å². The smallest absolute Gasteiger partial charge is 0.0500 e. The summed E-state index contributed by atoms with van der Waals surface area (Å²) in [5.41, 5.74) is 0. The van der Waals surface area contributed by atoms with Gasteiger partial charge in [0.1, 0.15) is 0 Å². The third kappa shape index (κ3) is 4.96. The van der Waals surface area contributed by atoms with Crippen molar-refractivity contribution in [2.24, 2.45) is 5.92 Å². The molecule has 0 saturated carbocycles. The molecule has 1 N–H and O–H groups in total. The van der Waals surface area contributed by atoms with Crippen LogP contribution in [0.1, 0.15) is 26.7 Å². The van der Waals surface area contributed by atoms with Crippen molar-refractivity contribution < 1.29 is 4.74 Å². The molecule has 1 heterocycles. The van der Waals surface area contributed by atoms with Gasteiger partial charge in [-0.25, -0.2) is 0 Å². The van der Waals surface area contributed by atoms with E-state index in [1.807, 2.05) is 0 Å². The Bertz CT molecular complexity index is 156. The summed E-state index contributed by atoms with van der Waals surface area (Å²) in [5.74, 6) is 0.658. The third-order valence-electron chi connectivity index (χ3n) is 3.10. The maximum absolute atomic E-state index is 5.17. The van der Waals surface area contributed by atoms with Gasteiger partial charge in [0.2, 0.25) is 0 Å². The highest BCUT2D eigenvalue weighted by Crippen LogP contribution is 2.12. The Hall–Kier alpha value is -0.120. The summed E-state index contributed by atoms with van der Waals surface area (Å²) in [5, 5.41) is 3.53. The molecule has 0 aromatic carbocycles. The topological polar surface area (TPSA) is 24.5 Å². The van der Waals surface area contributed by atoms with Crippen LogP contribution < -0.4 is 5.32 Å². The van der Waals surface area contributed by atoms with Crippen molar-refractivity contribution in [2.75, 3.05) is 39.9 Å². The standard InChI is InChI=1S/C12H26N2O/c1-4-13-12-5-7-14(8-6-12)9-11(2)10-15-3/h11-13H,4-10H2,1-3H3. The number of hydrogen-bond donors (Lipinski definition) is 1. The van der Waals surface area contributed by atoms with E-state index in [0.717, 1.165) is 19.2 Å². The lowest BCUT2D eigenvalue weighted by molar-refractivity contribution is 0.114. The van der Waals surface area contributed by atoms with Crippen LogP contribution in [0.2, 0.25) is 0 Å². The normalized spacial score (nSPS) is 21.8. The van der Waals surface area contributed by atoms with E-state index in [2.05, 4.69) is 24.1 Å². The lowest BCUT2D eigenvalue weighted by Gasteiger charge is -2.33. The fraction of sp³-hybridized carbons (Fsp3) is 1.00. The summed E-state index contributed by atoms with van der Waals surface area (Å²) in [6.45, 7) is 10.1. The lowest BCUT2D eigenvalue weighted by Crippen LogP contribution is -2.44. The second-order valence-corrected chi connectivity index (χ2v) is 4.69. The van der Waals surface area contributed by atoms with Gasteiger partial charge in [-0.2, -0.15) is 0 Å². The molecule has 0 amide bonds. The third-order valence-corrected chi connectivity index (χ3v) is 3.10. The number of nitrogens with one attached hydrogen (secondary N) is 1. The van der Waals surface area contributed by atoms with Crippen molar-refractivity contribution in [1.29, 1.82) is 0 Å². The molecule has 1 aliphatic heterocycles. The van der Waals surface area contributed by atoms with Crippen LogP contribution in [0.15, 0.2) is 0 Å². The Balaban J connectivity index is 2.14. The summed E-state index contributed by atoms with van der Waals surface area (Å²) in [6.07, 6.45) is 2.60. The van der Waals surface area contributed by atoms with Gasteiger partial charge in [-0.3, -0.25) is 0 Å². The zero-order valence-corrected chi connectivity index (χ0v) is 10.5. The molecule has 1 saturated heterocycles. The van der Waals surface area contributed by atoms with Gasteiger partial charge in [-0.15, -0.1) is 0 Å². The number of rotatable bonds is 6. The molecule has 90 valence electrons. The van der Waals surface area contributed by atoms with Crippen molar-refractivity contribution in [2.45, 2.75) is 32.7 Å². The first-order valence-electron chi connectivity index (χ1n) is 6.21. The van der Waals surface area contributed by atoms with Gasteiger partial charge in [-0.1, -0.05) is 13.8 Å². The van der Waals surface area contributed by atoms with Gasteiger partial charge in [0.25, 0.3) is 0 Å². The molecule has 1 unspecified atom stereocenters. The lowest BCUT2D eigenvalue weighted by atomic mass is 10.0. The zero-order valence-electron chi connectivity index (χ0n) is 10.5. The van der Waals surface area contributed by atoms with E-state index in [9.17, 15) is 0 Å². The molecule has 0 bridgehead atoms. The highest BCUT2D eigenvalue weighted by atomic mass is 16.5. The molecule has 0 radical (unpaired) electrons. The molecule has 15 heavy (non-hydrogen) atoms. The van der Waals surface area contributed by atoms with Crippen molar-refractivity contribution in [3.8, 4) is 0 Å². The molecule has 1 aliphatic rings. The zero-order chi connectivity index (χ0) is 11.1. The molecular weight excluding hydrogens is 188 g/mol. The number of piperidine rings is 1. The first-order chi connectivity index (χ1) is 7.26. The van der Waals surface area contributed by atoms with E-state index in [1.165, 1.54) is 32.5 Å². The van der Waals surface area contributed by atoms with Gasteiger partial charge in [0.15, 0.2) is 0 Å². The molecular formula is C12H26N2O. The monoisotopic (exact) mass is 214 g/mol. The van der Waals surface area contributed by atoms with E-state index in [-0.39, 0.29) is 0 Å². The Kier molecular flexibility index (Phi) is 6.22. The maximum atomic E-state index is 5.17. The molecule has 0 aromatic heterocycles. The molecule has 1 atom stereocenters. The molecule has 0 aliphatic carbocycles. The van der Waals surface area contributed by atoms with E-state index in [0.29, 0.717) is 5.92 Å². The largest absolute Gasteiger partial charge is 0.384 e. The Morgan fingerprint density at radius 2 is 2.07 bits per heavy atom. The average molecular weight is 214 g/mol. The first-order valence-corrected chi connectivity index (χ1v) is 6.21. The minimum Gasteiger partial charge on any atom is -0.384 e. The summed E-state index contributed by atoms with van der Waals surface area (Å²) in [6, 6.07) is 0.754. The van der Waals surface area contributed by atoms with Crippen molar-refractivity contribution >= 4 is 0 Å². The summed E-state index contributed by atoms with van der Waals surface area (Å²) < 4.78 is 5.17. The first kappa shape index (κ1) is 12.9. The fourth-order valence-corrected chi connectivity index (χ4v) is 2.39. The quantitative estimate of drug-likeness (QED) is 0.722. The highest BCUT2D eigenvalue weighted by Gasteiger charge is 2.19. The number of likely N-dealkylation sites (tertiary alicyclic amines) is 1.